The fourth-order valence-electron chi connectivity index (χ4n) is 2.83. The molecule has 1 aliphatic heterocycles. The van der Waals surface area contributed by atoms with E-state index in [4.69, 9.17) is 0 Å². The Morgan fingerprint density at radius 2 is 1.95 bits per heavy atom. The van der Waals surface area contributed by atoms with Crippen LogP contribution in [0, 0.1) is 0 Å². The van der Waals surface area contributed by atoms with Crippen molar-refractivity contribution in [3.63, 3.8) is 0 Å². The topological polar surface area (TPSA) is 20.3 Å². The summed E-state index contributed by atoms with van der Waals surface area (Å²) >= 11 is 3.57. The molecule has 0 aromatic heterocycles. The summed E-state index contributed by atoms with van der Waals surface area (Å²) < 4.78 is 0.996. The Balaban J connectivity index is 1.79. The van der Waals surface area contributed by atoms with Crippen molar-refractivity contribution in [2.24, 2.45) is 0 Å². The number of aldehydes is 1. The lowest BCUT2D eigenvalue weighted by molar-refractivity contribution is 0.112. The van der Waals surface area contributed by atoms with Gasteiger partial charge in [-0.05, 0) is 46.1 Å². The number of hydrogen-bond acceptors (Lipinski definition) is 2. The van der Waals surface area contributed by atoms with Gasteiger partial charge in [0.15, 0.2) is 0 Å². The molecule has 1 heterocycles. The third-order valence-electron chi connectivity index (χ3n) is 3.91. The highest BCUT2D eigenvalue weighted by Gasteiger charge is 2.24. The van der Waals surface area contributed by atoms with Crippen LogP contribution in [-0.2, 0) is 0 Å². The van der Waals surface area contributed by atoms with E-state index < -0.39 is 0 Å². The summed E-state index contributed by atoms with van der Waals surface area (Å²) in [6.07, 6.45) is 2.05. The lowest BCUT2D eigenvalue weighted by Crippen LogP contribution is -2.19. The Morgan fingerprint density at radius 3 is 2.65 bits per heavy atom. The van der Waals surface area contributed by atoms with Crippen LogP contribution in [0.3, 0.4) is 0 Å². The molecule has 0 aliphatic carbocycles. The van der Waals surface area contributed by atoms with E-state index in [1.165, 1.54) is 17.7 Å². The van der Waals surface area contributed by atoms with Gasteiger partial charge >= 0.3 is 0 Å². The predicted molar refractivity (Wildman–Crippen MR) is 85.5 cm³/mol. The lowest BCUT2D eigenvalue weighted by atomic mass is 9.99. The number of carbonyl (C=O) groups is 1. The van der Waals surface area contributed by atoms with Crippen molar-refractivity contribution in [1.82, 2.24) is 0 Å². The Hall–Kier alpha value is -1.61. The Kier molecular flexibility index (Phi) is 3.88. The molecule has 1 aliphatic rings. The fraction of sp³-hybridized carbons (Fsp3) is 0.235. The minimum atomic E-state index is 0.592. The van der Waals surface area contributed by atoms with E-state index in [1.807, 2.05) is 18.2 Å². The molecule has 1 saturated heterocycles. The number of hydrogen-bond donors (Lipinski definition) is 0. The molecule has 1 unspecified atom stereocenters. The molecule has 0 N–H and O–H groups in total. The summed E-state index contributed by atoms with van der Waals surface area (Å²) in [6, 6.07) is 16.5. The number of nitrogens with zero attached hydrogens (tertiary/aromatic N) is 1. The highest BCUT2D eigenvalue weighted by molar-refractivity contribution is 9.10. The molecule has 2 aromatic carbocycles. The highest BCUT2D eigenvalue weighted by atomic mass is 79.9. The third-order valence-corrected chi connectivity index (χ3v) is 4.54. The monoisotopic (exact) mass is 329 g/mol. The third kappa shape index (κ3) is 2.63. The summed E-state index contributed by atoms with van der Waals surface area (Å²) in [4.78, 5) is 13.2. The van der Waals surface area contributed by atoms with Gasteiger partial charge in [0.25, 0.3) is 0 Å². The first-order valence-electron chi connectivity index (χ1n) is 6.82. The van der Waals surface area contributed by atoms with Crippen molar-refractivity contribution >= 4 is 27.9 Å². The largest absolute Gasteiger partial charge is 0.370 e. The molecule has 3 heteroatoms. The second-order valence-electron chi connectivity index (χ2n) is 5.17. The van der Waals surface area contributed by atoms with E-state index in [0.29, 0.717) is 11.5 Å². The molecule has 1 atom stereocenters. The molecule has 2 nitrogen and oxygen atoms in total. The molecule has 1 fully saturated rings. The van der Waals surface area contributed by atoms with Gasteiger partial charge in [-0.3, -0.25) is 4.79 Å². The van der Waals surface area contributed by atoms with E-state index in [-0.39, 0.29) is 0 Å². The highest BCUT2D eigenvalue weighted by Crippen LogP contribution is 2.34. The average molecular weight is 330 g/mol. The van der Waals surface area contributed by atoms with Gasteiger partial charge in [-0.1, -0.05) is 30.3 Å². The first-order valence-corrected chi connectivity index (χ1v) is 7.62. The van der Waals surface area contributed by atoms with Crippen molar-refractivity contribution in [3.05, 3.63) is 64.1 Å². The Morgan fingerprint density at radius 1 is 1.15 bits per heavy atom. The summed E-state index contributed by atoms with van der Waals surface area (Å²) in [5.74, 6) is 0.592. The first-order chi connectivity index (χ1) is 9.78. The van der Waals surface area contributed by atoms with Crippen LogP contribution in [0.15, 0.2) is 53.0 Å². The second kappa shape index (κ2) is 5.80. The van der Waals surface area contributed by atoms with Crippen LogP contribution in [0.4, 0.5) is 5.69 Å². The molecule has 102 valence electrons. The SMILES string of the molecule is O=Cc1ccc(N2CCC(c3ccccc3)C2)c(Br)c1. The maximum absolute atomic E-state index is 10.8. The van der Waals surface area contributed by atoms with E-state index >= 15 is 0 Å². The normalized spacial score (nSPS) is 18.2. The van der Waals surface area contributed by atoms with Gasteiger partial charge in [-0.2, -0.15) is 0 Å². The van der Waals surface area contributed by atoms with Crippen LogP contribution in [0.1, 0.15) is 28.3 Å². The van der Waals surface area contributed by atoms with Gasteiger partial charge in [0.2, 0.25) is 0 Å². The summed E-state index contributed by atoms with van der Waals surface area (Å²) in [5, 5.41) is 0. The van der Waals surface area contributed by atoms with E-state index in [1.54, 1.807) is 0 Å². The maximum atomic E-state index is 10.8. The number of halogens is 1. The second-order valence-corrected chi connectivity index (χ2v) is 6.03. The minimum Gasteiger partial charge on any atom is -0.370 e. The van der Waals surface area contributed by atoms with Crippen molar-refractivity contribution < 1.29 is 4.79 Å². The van der Waals surface area contributed by atoms with Crippen molar-refractivity contribution in [1.29, 1.82) is 0 Å². The molecule has 0 bridgehead atoms. The molecule has 3 rings (SSSR count). The lowest BCUT2D eigenvalue weighted by Gasteiger charge is -2.20. The molecular formula is C17H16BrNO. The zero-order valence-electron chi connectivity index (χ0n) is 11.1. The van der Waals surface area contributed by atoms with Crippen LogP contribution in [0.2, 0.25) is 0 Å². The van der Waals surface area contributed by atoms with Crippen LogP contribution in [0.5, 0.6) is 0 Å². The zero-order valence-corrected chi connectivity index (χ0v) is 12.7. The Bertz CT molecular complexity index is 612. The number of rotatable bonds is 3. The number of anilines is 1. The minimum absolute atomic E-state index is 0.592. The fourth-order valence-corrected chi connectivity index (χ4v) is 3.48. The van der Waals surface area contributed by atoms with E-state index in [2.05, 4.69) is 51.2 Å². The summed E-state index contributed by atoms with van der Waals surface area (Å²) in [7, 11) is 0. The van der Waals surface area contributed by atoms with Gasteiger partial charge < -0.3 is 4.90 Å². The van der Waals surface area contributed by atoms with Crippen LogP contribution in [0.25, 0.3) is 0 Å². The first kappa shape index (κ1) is 13.4. The van der Waals surface area contributed by atoms with Crippen LogP contribution >= 0.6 is 15.9 Å². The smallest absolute Gasteiger partial charge is 0.150 e. The molecule has 2 aromatic rings. The summed E-state index contributed by atoms with van der Waals surface area (Å²) in [6.45, 7) is 2.08. The molecule has 0 amide bonds. The predicted octanol–water partition coefficient (Wildman–Crippen LogP) is 4.26. The van der Waals surface area contributed by atoms with Gasteiger partial charge in [-0.25, -0.2) is 0 Å². The molecule has 0 saturated carbocycles. The van der Waals surface area contributed by atoms with Crippen molar-refractivity contribution in [3.8, 4) is 0 Å². The maximum Gasteiger partial charge on any atom is 0.150 e. The standard InChI is InChI=1S/C17H16BrNO/c18-16-10-13(12-20)6-7-17(16)19-9-8-15(11-19)14-4-2-1-3-5-14/h1-7,10,12,15H,8-9,11H2. The number of benzene rings is 2. The van der Waals surface area contributed by atoms with Gasteiger partial charge in [0.1, 0.15) is 6.29 Å². The van der Waals surface area contributed by atoms with Crippen molar-refractivity contribution in [2.45, 2.75) is 12.3 Å². The average Bonchev–Trinajstić information content (AvgIpc) is 2.97. The summed E-state index contributed by atoms with van der Waals surface area (Å²) in [5.41, 5.74) is 3.30. The quantitative estimate of drug-likeness (QED) is 0.784. The van der Waals surface area contributed by atoms with Gasteiger partial charge in [-0.15, -0.1) is 0 Å². The van der Waals surface area contributed by atoms with E-state index in [9.17, 15) is 4.79 Å². The van der Waals surface area contributed by atoms with E-state index in [0.717, 1.165) is 23.8 Å². The van der Waals surface area contributed by atoms with Crippen molar-refractivity contribution in [2.75, 3.05) is 18.0 Å². The van der Waals surface area contributed by atoms with Crippen LogP contribution in [-0.4, -0.2) is 19.4 Å². The van der Waals surface area contributed by atoms with Gasteiger partial charge in [0.05, 0.1) is 5.69 Å². The zero-order chi connectivity index (χ0) is 13.9. The van der Waals surface area contributed by atoms with Gasteiger partial charge in [0, 0.05) is 29.0 Å². The molecule has 0 radical (unpaired) electrons. The molecule has 0 spiro atoms. The Labute approximate surface area is 127 Å². The molecule has 20 heavy (non-hydrogen) atoms. The molecular weight excluding hydrogens is 314 g/mol. The van der Waals surface area contributed by atoms with Crippen LogP contribution < -0.4 is 4.90 Å². The number of carbonyl (C=O) groups excluding carboxylic acids is 1.